The summed E-state index contributed by atoms with van der Waals surface area (Å²) in [5.41, 5.74) is 8.48. The number of ether oxygens (including phenoxy) is 3. The Morgan fingerprint density at radius 3 is 2.21 bits per heavy atom. The van der Waals surface area contributed by atoms with Crippen molar-refractivity contribution in [3.05, 3.63) is 87.9 Å². The summed E-state index contributed by atoms with van der Waals surface area (Å²) in [4.78, 5) is 42.0. The fraction of sp³-hybridized carbons (Fsp3) is 0.310. The van der Waals surface area contributed by atoms with Crippen molar-refractivity contribution in [1.29, 1.82) is 5.26 Å². The number of amides is 1. The van der Waals surface area contributed by atoms with Gasteiger partial charge < -0.3 is 19.9 Å². The number of methoxy groups -OCH3 is 2. The van der Waals surface area contributed by atoms with E-state index in [1.54, 1.807) is 68.1 Å². The molecule has 2 aromatic carbocycles. The van der Waals surface area contributed by atoms with Gasteiger partial charge in [0.25, 0.3) is 0 Å². The summed E-state index contributed by atoms with van der Waals surface area (Å²) >= 11 is 0. The van der Waals surface area contributed by atoms with Gasteiger partial charge in [-0.2, -0.15) is 5.26 Å². The Kier molecular flexibility index (Phi) is 7.36. The van der Waals surface area contributed by atoms with E-state index < -0.39 is 29.6 Å². The van der Waals surface area contributed by atoms with Gasteiger partial charge in [0, 0.05) is 18.8 Å². The second-order valence-electron chi connectivity index (χ2n) is 10.1. The van der Waals surface area contributed by atoms with E-state index in [9.17, 15) is 19.6 Å². The van der Waals surface area contributed by atoms with Crippen LogP contribution in [-0.4, -0.2) is 42.8 Å². The van der Waals surface area contributed by atoms with Gasteiger partial charge in [-0.3, -0.25) is 9.80 Å². The van der Waals surface area contributed by atoms with Gasteiger partial charge in [0.2, 0.25) is 0 Å². The summed E-state index contributed by atoms with van der Waals surface area (Å²) in [6.45, 7) is 6.02. The van der Waals surface area contributed by atoms with Crippen molar-refractivity contribution in [3.63, 3.8) is 0 Å². The normalized spacial score (nSPS) is 17.0. The number of esters is 2. The van der Waals surface area contributed by atoms with Crippen LogP contribution in [0.5, 0.6) is 0 Å². The molecule has 2 aliphatic heterocycles. The summed E-state index contributed by atoms with van der Waals surface area (Å²) in [5, 5.41) is 10.2. The third kappa shape index (κ3) is 5.16. The quantitative estimate of drug-likeness (QED) is 0.462. The number of rotatable bonds is 4. The number of carbonyl (C=O) groups is 3. The van der Waals surface area contributed by atoms with E-state index in [0.717, 1.165) is 11.1 Å². The van der Waals surface area contributed by atoms with Crippen molar-refractivity contribution in [3.8, 4) is 6.07 Å². The van der Waals surface area contributed by atoms with Crippen LogP contribution < -0.4 is 10.6 Å². The van der Waals surface area contributed by atoms with Gasteiger partial charge in [-0.15, -0.1) is 0 Å². The molecule has 0 saturated heterocycles. The second-order valence-corrected chi connectivity index (χ2v) is 10.1. The number of nitrogens with zero attached hydrogens (tertiary/aromatic N) is 3. The largest absolute Gasteiger partial charge is 0.466 e. The molecule has 0 radical (unpaired) electrons. The molecule has 0 saturated carbocycles. The van der Waals surface area contributed by atoms with Gasteiger partial charge in [-0.1, -0.05) is 36.4 Å². The van der Waals surface area contributed by atoms with Crippen LogP contribution >= 0.6 is 0 Å². The number of nitrogens with two attached hydrogens (primary N) is 1. The molecule has 2 N–H and O–H groups in total. The van der Waals surface area contributed by atoms with E-state index in [0.29, 0.717) is 17.8 Å². The Morgan fingerprint density at radius 2 is 1.62 bits per heavy atom. The Labute approximate surface area is 226 Å². The van der Waals surface area contributed by atoms with Crippen LogP contribution in [0, 0.1) is 11.3 Å². The van der Waals surface area contributed by atoms with Gasteiger partial charge in [-0.05, 0) is 49.6 Å². The summed E-state index contributed by atoms with van der Waals surface area (Å²) in [6.07, 6.45) is -0.446. The molecule has 1 unspecified atom stereocenters. The molecule has 4 rings (SSSR count). The number of anilines is 1. The number of allylic oxidation sites excluding steroid dienone is 1. The molecule has 39 heavy (non-hydrogen) atoms. The molecule has 0 aromatic heterocycles. The van der Waals surface area contributed by atoms with Crippen molar-refractivity contribution in [2.75, 3.05) is 19.1 Å². The predicted octanol–water partition coefficient (Wildman–Crippen LogP) is 3.84. The molecule has 0 spiro atoms. The molecule has 0 bridgehead atoms. The molecular formula is C29H30N4O6. The van der Waals surface area contributed by atoms with Gasteiger partial charge in [0.1, 0.15) is 17.1 Å². The molecular weight excluding hydrogens is 500 g/mol. The predicted molar refractivity (Wildman–Crippen MR) is 141 cm³/mol. The first-order valence-corrected chi connectivity index (χ1v) is 12.3. The maximum absolute atomic E-state index is 13.2. The molecule has 0 aliphatic carbocycles. The molecule has 0 fully saturated rings. The van der Waals surface area contributed by atoms with E-state index in [4.69, 9.17) is 19.9 Å². The Hall–Kier alpha value is -4.78. The Morgan fingerprint density at radius 1 is 0.974 bits per heavy atom. The van der Waals surface area contributed by atoms with E-state index in [-0.39, 0.29) is 29.2 Å². The Bertz CT molecular complexity index is 1430. The van der Waals surface area contributed by atoms with Crippen LogP contribution in [0.25, 0.3) is 0 Å². The first-order chi connectivity index (χ1) is 18.5. The summed E-state index contributed by atoms with van der Waals surface area (Å²) in [7, 11) is 2.39. The minimum atomic E-state index is -0.953. The highest BCUT2D eigenvalue weighted by Gasteiger charge is 2.43. The van der Waals surface area contributed by atoms with Crippen molar-refractivity contribution >= 4 is 23.7 Å². The van der Waals surface area contributed by atoms with Crippen LogP contribution in [0.3, 0.4) is 0 Å². The van der Waals surface area contributed by atoms with Crippen molar-refractivity contribution in [1.82, 2.24) is 4.90 Å². The van der Waals surface area contributed by atoms with E-state index >= 15 is 0 Å². The first kappa shape index (κ1) is 27.3. The van der Waals surface area contributed by atoms with E-state index in [1.165, 1.54) is 19.1 Å². The molecule has 1 amide bonds. The van der Waals surface area contributed by atoms with Crippen LogP contribution in [0.4, 0.5) is 10.5 Å². The van der Waals surface area contributed by atoms with Crippen LogP contribution in [-0.2, 0) is 36.9 Å². The van der Waals surface area contributed by atoms with Gasteiger partial charge >= 0.3 is 18.0 Å². The zero-order valence-corrected chi connectivity index (χ0v) is 22.5. The van der Waals surface area contributed by atoms with Crippen LogP contribution in [0.2, 0.25) is 0 Å². The van der Waals surface area contributed by atoms with Crippen molar-refractivity contribution < 1.29 is 28.6 Å². The number of nitriles is 1. The summed E-state index contributed by atoms with van der Waals surface area (Å²) in [6, 6.07) is 16.2. The average molecular weight is 531 g/mol. The molecule has 10 heteroatoms. The molecule has 202 valence electrons. The lowest BCUT2D eigenvalue weighted by Gasteiger charge is -2.36. The zero-order chi connectivity index (χ0) is 28.5. The molecule has 2 heterocycles. The number of carbonyl (C=O) groups excluding carboxylic acids is 3. The second kappa shape index (κ2) is 10.5. The van der Waals surface area contributed by atoms with Crippen molar-refractivity contribution in [2.45, 2.75) is 45.4 Å². The average Bonchev–Trinajstić information content (AvgIpc) is 3.35. The summed E-state index contributed by atoms with van der Waals surface area (Å²) < 4.78 is 15.7. The highest BCUT2D eigenvalue weighted by molar-refractivity contribution is 6.06. The molecule has 2 aromatic rings. The van der Waals surface area contributed by atoms with Gasteiger partial charge in [0.05, 0.1) is 37.4 Å². The monoisotopic (exact) mass is 530 g/mol. The lowest BCUT2D eigenvalue weighted by molar-refractivity contribution is -0.139. The lowest BCUT2D eigenvalue weighted by Crippen LogP contribution is -2.40. The fourth-order valence-electron chi connectivity index (χ4n) is 4.76. The topological polar surface area (TPSA) is 135 Å². The maximum atomic E-state index is 13.2. The van der Waals surface area contributed by atoms with Crippen LogP contribution in [0.1, 0.15) is 43.4 Å². The minimum Gasteiger partial charge on any atom is -0.466 e. The van der Waals surface area contributed by atoms with Gasteiger partial charge in [-0.25, -0.2) is 14.4 Å². The molecule has 2 aliphatic rings. The van der Waals surface area contributed by atoms with Crippen LogP contribution in [0.15, 0.2) is 71.2 Å². The highest BCUT2D eigenvalue weighted by atomic mass is 16.6. The van der Waals surface area contributed by atoms with E-state index in [1.807, 2.05) is 6.07 Å². The lowest BCUT2D eigenvalue weighted by atomic mass is 9.81. The first-order valence-electron chi connectivity index (χ1n) is 12.3. The number of hydrogen-bond acceptors (Lipinski definition) is 9. The highest BCUT2D eigenvalue weighted by Crippen LogP contribution is 2.43. The van der Waals surface area contributed by atoms with Gasteiger partial charge in [0.15, 0.2) is 0 Å². The minimum absolute atomic E-state index is 0.0265. The van der Waals surface area contributed by atoms with E-state index in [2.05, 4.69) is 6.07 Å². The fourth-order valence-corrected chi connectivity index (χ4v) is 4.76. The molecule has 10 nitrogen and oxygen atoms in total. The molecule has 1 atom stereocenters. The van der Waals surface area contributed by atoms with Crippen molar-refractivity contribution in [2.24, 2.45) is 5.73 Å². The Balaban J connectivity index is 1.86. The third-order valence-corrected chi connectivity index (χ3v) is 6.43. The smallest absolute Gasteiger partial charge is 0.410 e. The third-order valence-electron chi connectivity index (χ3n) is 6.43. The zero-order valence-electron chi connectivity index (χ0n) is 22.5. The number of fused-ring (bicyclic) bond motifs is 1. The maximum Gasteiger partial charge on any atom is 0.410 e. The number of benzene rings is 2. The standard InChI is InChI=1S/C29H30N4O6/c1-29(2,3)39-28(36)32-15-18-11-12-20(13-19(18)16-32)33-24(27(35)38-5)23(26(34)37-4)22(21(14-30)25(33)31)17-9-7-6-8-10-17/h6-13,22H,15-16,31H2,1-5H3. The number of hydrogen-bond donors (Lipinski definition) is 1. The summed E-state index contributed by atoms with van der Waals surface area (Å²) in [5.74, 6) is -2.61. The SMILES string of the molecule is COC(=O)C1=C(C(=O)OC)N(c2ccc3c(c2)CN(C(=O)OC(C)(C)C)C3)C(N)=C(C#N)C1c1ccccc1.